The molecule has 1 atom stereocenters. The highest BCUT2D eigenvalue weighted by Gasteiger charge is 2.35. The topological polar surface area (TPSA) is 60.9 Å². The van der Waals surface area contributed by atoms with Gasteiger partial charge in [0.15, 0.2) is 0 Å². The quantitative estimate of drug-likeness (QED) is 0.735. The van der Waals surface area contributed by atoms with E-state index in [1.165, 1.54) is 9.80 Å². The van der Waals surface area contributed by atoms with Crippen LogP contribution in [-0.4, -0.2) is 53.1 Å². The second-order valence-corrected chi connectivity index (χ2v) is 4.29. The fourth-order valence-electron chi connectivity index (χ4n) is 1.94. The van der Waals surface area contributed by atoms with Crippen molar-refractivity contribution in [2.75, 3.05) is 20.1 Å². The van der Waals surface area contributed by atoms with Crippen LogP contribution in [0.1, 0.15) is 19.8 Å². The molecule has 0 radical (unpaired) electrons. The number of hydrogen-bond acceptors (Lipinski definition) is 2. The Bertz CT molecular complexity index is 314. The van der Waals surface area contributed by atoms with Gasteiger partial charge in [-0.05, 0) is 19.8 Å². The Morgan fingerprint density at radius 3 is 2.69 bits per heavy atom. The first-order valence-electron chi connectivity index (χ1n) is 5.32. The Morgan fingerprint density at radius 2 is 2.19 bits per heavy atom. The lowest BCUT2D eigenvalue weighted by atomic mass is 10.2. The first-order chi connectivity index (χ1) is 7.43. The maximum absolute atomic E-state index is 11.9. The number of likely N-dealkylation sites (tertiary alicyclic amines) is 1. The number of urea groups is 1. The molecule has 0 saturated carbocycles. The third-order valence-electron chi connectivity index (χ3n) is 2.62. The number of rotatable bonds is 3. The van der Waals surface area contributed by atoms with Crippen LogP contribution in [0.3, 0.4) is 0 Å². The lowest BCUT2D eigenvalue weighted by Gasteiger charge is -2.27. The molecule has 0 aromatic rings. The number of aliphatic carboxylic acids is 1. The molecule has 90 valence electrons. The highest BCUT2D eigenvalue weighted by molar-refractivity contribution is 5.83. The molecule has 0 aromatic carbocycles. The summed E-state index contributed by atoms with van der Waals surface area (Å²) in [7, 11) is 1.66. The maximum Gasteiger partial charge on any atom is 0.326 e. The monoisotopic (exact) mass is 226 g/mol. The number of amides is 2. The molecule has 5 nitrogen and oxygen atoms in total. The van der Waals surface area contributed by atoms with Gasteiger partial charge in [0.25, 0.3) is 0 Å². The van der Waals surface area contributed by atoms with E-state index in [0.717, 1.165) is 12.0 Å². The Kier molecular flexibility index (Phi) is 3.93. The van der Waals surface area contributed by atoms with E-state index >= 15 is 0 Å². The molecule has 1 rings (SSSR count). The normalized spacial score (nSPS) is 19.6. The SMILES string of the molecule is C=C(C)CN(C)C(=O)N1CCCC1C(=O)O. The number of nitrogens with zero attached hydrogens (tertiary/aromatic N) is 2. The highest BCUT2D eigenvalue weighted by Crippen LogP contribution is 2.19. The number of likely N-dealkylation sites (N-methyl/N-ethyl adjacent to an activating group) is 1. The van der Waals surface area contributed by atoms with Crippen LogP contribution < -0.4 is 0 Å². The molecule has 0 bridgehead atoms. The van der Waals surface area contributed by atoms with Crippen LogP contribution in [0.15, 0.2) is 12.2 Å². The van der Waals surface area contributed by atoms with Crippen LogP contribution in [0, 0.1) is 0 Å². The summed E-state index contributed by atoms with van der Waals surface area (Å²) in [6, 6.07) is -0.895. The minimum Gasteiger partial charge on any atom is -0.480 e. The summed E-state index contributed by atoms with van der Waals surface area (Å²) in [6.45, 7) is 6.55. The van der Waals surface area contributed by atoms with Crippen molar-refractivity contribution in [1.82, 2.24) is 9.80 Å². The molecule has 1 N–H and O–H groups in total. The zero-order chi connectivity index (χ0) is 12.3. The molecular formula is C11H18N2O3. The van der Waals surface area contributed by atoms with Gasteiger partial charge in [0, 0.05) is 20.1 Å². The smallest absolute Gasteiger partial charge is 0.326 e. The van der Waals surface area contributed by atoms with Gasteiger partial charge in [-0.25, -0.2) is 9.59 Å². The van der Waals surface area contributed by atoms with Gasteiger partial charge < -0.3 is 14.9 Å². The standard InChI is InChI=1S/C11H18N2O3/c1-8(2)7-12(3)11(16)13-6-4-5-9(13)10(14)15/h9H,1,4-7H2,2-3H3,(H,14,15). The Morgan fingerprint density at radius 1 is 1.56 bits per heavy atom. The average molecular weight is 226 g/mol. The van der Waals surface area contributed by atoms with Crippen molar-refractivity contribution in [2.24, 2.45) is 0 Å². The number of carbonyl (C=O) groups excluding carboxylic acids is 1. The molecule has 1 fully saturated rings. The minimum absolute atomic E-state index is 0.229. The fraction of sp³-hybridized carbons (Fsp3) is 0.636. The van der Waals surface area contributed by atoms with Crippen LogP contribution in [0.4, 0.5) is 4.79 Å². The van der Waals surface area contributed by atoms with E-state index in [4.69, 9.17) is 5.11 Å². The van der Waals surface area contributed by atoms with Gasteiger partial charge in [-0.15, -0.1) is 0 Å². The van der Waals surface area contributed by atoms with E-state index in [-0.39, 0.29) is 6.03 Å². The predicted octanol–water partition coefficient (Wildman–Crippen LogP) is 1.16. The average Bonchev–Trinajstić information content (AvgIpc) is 2.63. The van der Waals surface area contributed by atoms with Crippen LogP contribution in [0.25, 0.3) is 0 Å². The molecule has 5 heteroatoms. The zero-order valence-electron chi connectivity index (χ0n) is 9.77. The molecule has 1 aliphatic heterocycles. The molecule has 1 unspecified atom stereocenters. The van der Waals surface area contributed by atoms with Crippen molar-refractivity contribution in [1.29, 1.82) is 0 Å². The summed E-state index contributed by atoms with van der Waals surface area (Å²) in [6.07, 6.45) is 1.30. The van der Waals surface area contributed by atoms with Crippen molar-refractivity contribution in [2.45, 2.75) is 25.8 Å². The van der Waals surface area contributed by atoms with E-state index in [9.17, 15) is 9.59 Å². The summed E-state index contributed by atoms with van der Waals surface area (Å²) >= 11 is 0. The van der Waals surface area contributed by atoms with Gasteiger partial charge >= 0.3 is 12.0 Å². The van der Waals surface area contributed by atoms with Gasteiger partial charge in [-0.2, -0.15) is 0 Å². The number of hydrogen-bond donors (Lipinski definition) is 1. The minimum atomic E-state index is -0.922. The summed E-state index contributed by atoms with van der Waals surface area (Å²) < 4.78 is 0. The third-order valence-corrected chi connectivity index (χ3v) is 2.62. The maximum atomic E-state index is 11.9. The highest BCUT2D eigenvalue weighted by atomic mass is 16.4. The van der Waals surface area contributed by atoms with Crippen molar-refractivity contribution in [3.63, 3.8) is 0 Å². The number of carboxylic acid groups (broad SMARTS) is 1. The molecule has 1 aliphatic rings. The largest absolute Gasteiger partial charge is 0.480 e. The molecule has 2 amide bonds. The van der Waals surface area contributed by atoms with E-state index in [1.807, 2.05) is 6.92 Å². The first kappa shape index (κ1) is 12.5. The predicted molar refractivity (Wildman–Crippen MR) is 60.2 cm³/mol. The zero-order valence-corrected chi connectivity index (χ0v) is 9.77. The number of carbonyl (C=O) groups is 2. The molecule has 1 saturated heterocycles. The summed E-state index contributed by atoms with van der Waals surface area (Å²) in [5.41, 5.74) is 0.877. The van der Waals surface area contributed by atoms with Gasteiger partial charge in [0.05, 0.1) is 0 Å². The van der Waals surface area contributed by atoms with Gasteiger partial charge in [-0.1, -0.05) is 12.2 Å². The molecule has 1 heterocycles. The lowest BCUT2D eigenvalue weighted by Crippen LogP contribution is -2.47. The van der Waals surface area contributed by atoms with Crippen molar-refractivity contribution < 1.29 is 14.7 Å². The van der Waals surface area contributed by atoms with Crippen LogP contribution in [-0.2, 0) is 4.79 Å². The molecular weight excluding hydrogens is 208 g/mol. The van der Waals surface area contributed by atoms with Crippen molar-refractivity contribution >= 4 is 12.0 Å². The van der Waals surface area contributed by atoms with Crippen LogP contribution >= 0.6 is 0 Å². The van der Waals surface area contributed by atoms with Crippen LogP contribution in [0.5, 0.6) is 0 Å². The lowest BCUT2D eigenvalue weighted by molar-refractivity contribution is -0.141. The van der Waals surface area contributed by atoms with E-state index < -0.39 is 12.0 Å². The number of carboxylic acids is 1. The fourth-order valence-corrected chi connectivity index (χ4v) is 1.94. The molecule has 16 heavy (non-hydrogen) atoms. The van der Waals surface area contributed by atoms with Crippen LogP contribution in [0.2, 0.25) is 0 Å². The molecule has 0 aliphatic carbocycles. The summed E-state index contributed by atoms with van der Waals surface area (Å²) in [5.74, 6) is -0.922. The Hall–Kier alpha value is -1.52. The van der Waals surface area contributed by atoms with Gasteiger partial charge in [0.2, 0.25) is 0 Å². The van der Waals surface area contributed by atoms with E-state index in [0.29, 0.717) is 19.5 Å². The second-order valence-electron chi connectivity index (χ2n) is 4.29. The van der Waals surface area contributed by atoms with E-state index in [2.05, 4.69) is 6.58 Å². The Labute approximate surface area is 95.3 Å². The van der Waals surface area contributed by atoms with E-state index in [1.54, 1.807) is 7.05 Å². The third kappa shape index (κ3) is 2.74. The van der Waals surface area contributed by atoms with Gasteiger partial charge in [-0.3, -0.25) is 0 Å². The summed E-state index contributed by atoms with van der Waals surface area (Å²) in [5, 5.41) is 8.97. The van der Waals surface area contributed by atoms with Crippen molar-refractivity contribution in [3.8, 4) is 0 Å². The van der Waals surface area contributed by atoms with Crippen molar-refractivity contribution in [3.05, 3.63) is 12.2 Å². The van der Waals surface area contributed by atoms with Gasteiger partial charge in [0.1, 0.15) is 6.04 Å². The first-order valence-corrected chi connectivity index (χ1v) is 5.32. The summed E-state index contributed by atoms with van der Waals surface area (Å²) in [4.78, 5) is 25.8. The second kappa shape index (κ2) is 5.01. The Balaban J connectivity index is 2.65. The molecule has 0 spiro atoms. The molecule has 0 aromatic heterocycles.